The SMILES string of the molecule is CCOC(=O)c1cc(Cl)cc2[nH]c(C(=O)c3ccccc3)c(N(CC(=O)OC)C(C)=O)c12. The van der Waals surface area contributed by atoms with Crippen LogP contribution in [0.5, 0.6) is 0 Å². The number of carbonyl (C=O) groups is 4. The molecule has 0 unspecified atom stereocenters. The number of fused-ring (bicyclic) bond motifs is 1. The van der Waals surface area contributed by atoms with Gasteiger partial charge in [-0.25, -0.2) is 4.79 Å². The molecular formula is C23H21ClN2O6. The Morgan fingerprint density at radius 2 is 1.78 bits per heavy atom. The van der Waals surface area contributed by atoms with Crippen LogP contribution in [-0.4, -0.2) is 48.9 Å². The van der Waals surface area contributed by atoms with Crippen LogP contribution in [0.1, 0.15) is 40.3 Å². The second kappa shape index (κ2) is 9.65. The zero-order valence-corrected chi connectivity index (χ0v) is 18.5. The average Bonchev–Trinajstić information content (AvgIpc) is 3.15. The van der Waals surface area contributed by atoms with Gasteiger partial charge in [-0.3, -0.25) is 19.3 Å². The van der Waals surface area contributed by atoms with Gasteiger partial charge in [0.25, 0.3) is 0 Å². The van der Waals surface area contributed by atoms with Crippen molar-refractivity contribution in [3.05, 3.63) is 64.3 Å². The topological polar surface area (TPSA) is 106 Å². The lowest BCUT2D eigenvalue weighted by Crippen LogP contribution is -2.35. The number of hydrogen-bond acceptors (Lipinski definition) is 6. The summed E-state index contributed by atoms with van der Waals surface area (Å²) in [5, 5.41) is 0.473. The molecule has 32 heavy (non-hydrogen) atoms. The van der Waals surface area contributed by atoms with E-state index in [1.165, 1.54) is 26.2 Å². The van der Waals surface area contributed by atoms with Crippen LogP contribution in [0, 0.1) is 0 Å². The van der Waals surface area contributed by atoms with E-state index >= 15 is 0 Å². The fourth-order valence-corrected chi connectivity index (χ4v) is 3.58. The number of amides is 1. The number of hydrogen-bond donors (Lipinski definition) is 1. The van der Waals surface area contributed by atoms with Crippen molar-refractivity contribution >= 4 is 51.8 Å². The molecule has 2 aromatic carbocycles. The minimum Gasteiger partial charge on any atom is -0.468 e. The van der Waals surface area contributed by atoms with Crippen molar-refractivity contribution in [1.29, 1.82) is 0 Å². The minimum atomic E-state index is -0.695. The van der Waals surface area contributed by atoms with Crippen molar-refractivity contribution in [2.75, 3.05) is 25.2 Å². The Balaban J connectivity index is 2.37. The fourth-order valence-electron chi connectivity index (χ4n) is 3.36. The standard InChI is InChI=1S/C23H21ClN2O6/c1-4-32-23(30)16-10-15(24)11-17-19(16)21(26(13(2)27)12-18(28)31-3)20(25-17)22(29)14-8-6-5-7-9-14/h5-11,25H,4,12H2,1-3H3. The van der Waals surface area contributed by atoms with Crippen molar-refractivity contribution in [2.45, 2.75) is 13.8 Å². The summed E-state index contributed by atoms with van der Waals surface area (Å²) in [6, 6.07) is 11.3. The number of methoxy groups -OCH3 is 1. The van der Waals surface area contributed by atoms with Crippen LogP contribution in [-0.2, 0) is 19.1 Å². The van der Waals surface area contributed by atoms with Gasteiger partial charge in [-0.05, 0) is 19.1 Å². The Kier molecular flexibility index (Phi) is 6.95. The van der Waals surface area contributed by atoms with Gasteiger partial charge < -0.3 is 14.5 Å². The molecule has 8 nitrogen and oxygen atoms in total. The van der Waals surface area contributed by atoms with E-state index in [0.29, 0.717) is 11.1 Å². The third kappa shape index (κ3) is 4.50. The molecule has 0 atom stereocenters. The van der Waals surface area contributed by atoms with Crippen LogP contribution < -0.4 is 4.90 Å². The predicted octanol–water partition coefficient (Wildman–Crippen LogP) is 3.75. The zero-order chi connectivity index (χ0) is 23.4. The number of rotatable bonds is 7. The van der Waals surface area contributed by atoms with Gasteiger partial charge in [-0.2, -0.15) is 0 Å². The Morgan fingerprint density at radius 1 is 1.09 bits per heavy atom. The number of anilines is 1. The van der Waals surface area contributed by atoms with Crippen LogP contribution in [0.3, 0.4) is 0 Å². The van der Waals surface area contributed by atoms with Crippen molar-refractivity contribution in [2.24, 2.45) is 0 Å². The van der Waals surface area contributed by atoms with Crippen molar-refractivity contribution < 1.29 is 28.7 Å². The predicted molar refractivity (Wildman–Crippen MR) is 119 cm³/mol. The normalized spacial score (nSPS) is 10.6. The number of aromatic nitrogens is 1. The second-order valence-corrected chi connectivity index (χ2v) is 7.26. The molecule has 0 aliphatic heterocycles. The Labute approximate surface area is 189 Å². The number of aromatic amines is 1. The van der Waals surface area contributed by atoms with Crippen LogP contribution in [0.4, 0.5) is 5.69 Å². The van der Waals surface area contributed by atoms with Crippen molar-refractivity contribution in [3.8, 4) is 0 Å². The van der Waals surface area contributed by atoms with Gasteiger partial charge in [0.1, 0.15) is 12.2 Å². The summed E-state index contributed by atoms with van der Waals surface area (Å²) in [5.41, 5.74) is 0.852. The third-order valence-corrected chi connectivity index (χ3v) is 4.98. The molecule has 0 fully saturated rings. The number of nitrogens with one attached hydrogen (secondary N) is 1. The number of benzene rings is 2. The molecule has 0 spiro atoms. The van der Waals surface area contributed by atoms with Crippen LogP contribution in [0.2, 0.25) is 5.02 Å². The molecule has 1 aromatic heterocycles. The quantitative estimate of drug-likeness (QED) is 0.428. The molecule has 0 aliphatic carbocycles. The molecular weight excluding hydrogens is 436 g/mol. The highest BCUT2D eigenvalue weighted by atomic mass is 35.5. The monoisotopic (exact) mass is 456 g/mol. The lowest BCUT2D eigenvalue weighted by Gasteiger charge is -2.21. The summed E-state index contributed by atoms with van der Waals surface area (Å²) < 4.78 is 9.87. The lowest BCUT2D eigenvalue weighted by atomic mass is 10.0. The summed E-state index contributed by atoms with van der Waals surface area (Å²) >= 11 is 6.21. The highest BCUT2D eigenvalue weighted by Gasteiger charge is 2.30. The van der Waals surface area contributed by atoms with E-state index in [1.54, 1.807) is 37.3 Å². The maximum Gasteiger partial charge on any atom is 0.338 e. The van der Waals surface area contributed by atoms with Gasteiger partial charge in [0.15, 0.2) is 0 Å². The largest absolute Gasteiger partial charge is 0.468 e. The molecule has 0 radical (unpaired) electrons. The summed E-state index contributed by atoms with van der Waals surface area (Å²) in [6.45, 7) is 2.55. The van der Waals surface area contributed by atoms with Crippen LogP contribution >= 0.6 is 11.6 Å². The number of ether oxygens (including phenoxy) is 2. The number of carbonyl (C=O) groups excluding carboxylic acids is 4. The maximum atomic E-state index is 13.4. The molecule has 166 valence electrons. The first-order chi connectivity index (χ1) is 15.3. The number of esters is 2. The highest BCUT2D eigenvalue weighted by molar-refractivity contribution is 6.33. The molecule has 0 saturated heterocycles. The first-order valence-corrected chi connectivity index (χ1v) is 10.1. The lowest BCUT2D eigenvalue weighted by molar-refractivity contribution is -0.139. The number of nitrogens with zero attached hydrogens (tertiary/aromatic N) is 1. The molecule has 0 bridgehead atoms. The summed E-state index contributed by atoms with van der Waals surface area (Å²) in [4.78, 5) is 54.8. The molecule has 0 saturated carbocycles. The summed E-state index contributed by atoms with van der Waals surface area (Å²) in [7, 11) is 1.19. The second-order valence-electron chi connectivity index (χ2n) is 6.82. The molecule has 3 rings (SSSR count). The molecule has 1 N–H and O–H groups in total. The highest BCUT2D eigenvalue weighted by Crippen LogP contribution is 2.37. The molecule has 9 heteroatoms. The summed E-state index contributed by atoms with van der Waals surface area (Å²) in [6.07, 6.45) is 0. The van der Waals surface area contributed by atoms with E-state index in [4.69, 9.17) is 21.1 Å². The van der Waals surface area contributed by atoms with Crippen LogP contribution in [0.25, 0.3) is 10.9 Å². The zero-order valence-electron chi connectivity index (χ0n) is 17.7. The van der Waals surface area contributed by atoms with Crippen molar-refractivity contribution in [3.63, 3.8) is 0 Å². The maximum absolute atomic E-state index is 13.4. The Morgan fingerprint density at radius 3 is 2.38 bits per heavy atom. The van der Waals surface area contributed by atoms with Crippen molar-refractivity contribution in [1.82, 2.24) is 4.98 Å². The third-order valence-electron chi connectivity index (χ3n) is 4.76. The van der Waals surface area contributed by atoms with E-state index < -0.39 is 30.2 Å². The number of H-pyrrole nitrogens is 1. The molecule has 3 aromatic rings. The van der Waals surface area contributed by atoms with E-state index in [9.17, 15) is 19.2 Å². The van der Waals surface area contributed by atoms with Gasteiger partial charge in [0.05, 0.1) is 30.5 Å². The van der Waals surface area contributed by atoms with E-state index in [0.717, 1.165) is 4.90 Å². The van der Waals surface area contributed by atoms with E-state index in [-0.39, 0.29) is 34.0 Å². The molecule has 1 amide bonds. The van der Waals surface area contributed by atoms with Gasteiger partial charge in [-0.1, -0.05) is 41.9 Å². The Hall–Kier alpha value is -3.65. The fraction of sp³-hybridized carbons (Fsp3) is 0.217. The van der Waals surface area contributed by atoms with Gasteiger partial charge >= 0.3 is 11.9 Å². The number of halogens is 1. The minimum absolute atomic E-state index is 0.0260. The first-order valence-electron chi connectivity index (χ1n) is 9.75. The first kappa shape index (κ1) is 23.0. The van der Waals surface area contributed by atoms with Crippen LogP contribution in [0.15, 0.2) is 42.5 Å². The number of ketones is 1. The van der Waals surface area contributed by atoms with E-state index in [2.05, 4.69) is 4.98 Å². The van der Waals surface area contributed by atoms with Gasteiger partial charge in [-0.15, -0.1) is 0 Å². The Bertz CT molecular complexity index is 1200. The van der Waals surface area contributed by atoms with Gasteiger partial charge in [0, 0.05) is 22.9 Å². The molecule has 0 aliphatic rings. The average molecular weight is 457 g/mol. The summed E-state index contributed by atoms with van der Waals surface area (Å²) in [5.74, 6) is -2.33. The smallest absolute Gasteiger partial charge is 0.338 e. The van der Waals surface area contributed by atoms with Gasteiger partial charge in [0.2, 0.25) is 11.7 Å². The van der Waals surface area contributed by atoms with E-state index in [1.807, 2.05) is 0 Å². The molecule has 1 heterocycles.